The Labute approximate surface area is 223 Å². The second-order valence-electron chi connectivity index (χ2n) is 8.80. The highest BCUT2D eigenvalue weighted by Crippen LogP contribution is 2.30. The van der Waals surface area contributed by atoms with Gasteiger partial charge in [-0.05, 0) is 24.6 Å². The maximum Gasteiger partial charge on any atom is 0.339 e. The summed E-state index contributed by atoms with van der Waals surface area (Å²) >= 11 is 0. The van der Waals surface area contributed by atoms with E-state index in [2.05, 4.69) is 0 Å². The molecule has 2 amide bonds. The van der Waals surface area contributed by atoms with Gasteiger partial charge in [-0.1, -0.05) is 18.2 Å². The lowest BCUT2D eigenvalue weighted by Crippen LogP contribution is -2.63. The summed E-state index contributed by atoms with van der Waals surface area (Å²) < 4.78 is 32.0. The average molecular weight is 548 g/mol. The second-order valence-corrected chi connectivity index (χ2v) is 8.80. The molecule has 0 N–H and O–H groups in total. The molecule has 3 rings (SSSR count). The smallest absolute Gasteiger partial charge is 0.339 e. The number of methoxy groups -OCH3 is 1. The molecule has 0 saturated carbocycles. The van der Waals surface area contributed by atoms with Crippen LogP contribution < -0.4 is 0 Å². The Balaban J connectivity index is 1.80. The fraction of sp³-hybridized carbons (Fsp3) is 0.462. The second kappa shape index (κ2) is 12.6. The van der Waals surface area contributed by atoms with E-state index in [1.165, 1.54) is 0 Å². The van der Waals surface area contributed by atoms with Crippen molar-refractivity contribution in [2.45, 2.75) is 58.4 Å². The molecule has 0 aromatic heterocycles. The highest BCUT2D eigenvalue weighted by molar-refractivity contribution is 6.21. The number of carbonyl (C=O) groups excluding carboxylic acids is 6. The average Bonchev–Trinajstić information content (AvgIpc) is 3.12. The van der Waals surface area contributed by atoms with Gasteiger partial charge in [0.25, 0.3) is 11.8 Å². The number of carbonyl (C=O) groups is 6. The Bertz CT molecular complexity index is 1160. The molecule has 1 fully saturated rings. The third-order valence-electron chi connectivity index (χ3n) is 5.81. The summed E-state index contributed by atoms with van der Waals surface area (Å²) in [5.74, 6) is -4.21. The van der Waals surface area contributed by atoms with Gasteiger partial charge in [0.05, 0.1) is 24.8 Å². The molecule has 0 aliphatic carbocycles. The summed E-state index contributed by atoms with van der Waals surface area (Å²) in [6.07, 6.45) is -5.86. The van der Waals surface area contributed by atoms with Gasteiger partial charge in [-0.2, -0.15) is 0 Å². The lowest BCUT2D eigenvalue weighted by molar-refractivity contribution is -0.299. The largest absolute Gasteiger partial charge is 0.467 e. The third-order valence-corrected chi connectivity index (χ3v) is 5.81. The van der Waals surface area contributed by atoms with Crippen LogP contribution >= 0.6 is 0 Å². The van der Waals surface area contributed by atoms with Gasteiger partial charge in [0.2, 0.25) is 0 Å². The fourth-order valence-electron chi connectivity index (χ4n) is 4.14. The van der Waals surface area contributed by atoms with Crippen molar-refractivity contribution < 1.29 is 57.2 Å². The minimum Gasteiger partial charge on any atom is -0.467 e. The molecule has 0 unspecified atom stereocenters. The maximum atomic E-state index is 12.6. The summed E-state index contributed by atoms with van der Waals surface area (Å²) in [5.41, 5.74) is 1.19. The van der Waals surface area contributed by atoms with Crippen LogP contribution in [0, 0.1) is 0 Å². The van der Waals surface area contributed by atoms with Crippen LogP contribution in [-0.4, -0.2) is 91.6 Å². The minimum atomic E-state index is -1.58. The normalized spacial score (nSPS) is 24.6. The quantitative estimate of drug-likeness (QED) is 0.186. The number of esters is 4. The molecule has 2 heterocycles. The Kier molecular flexibility index (Phi) is 9.54. The van der Waals surface area contributed by atoms with E-state index >= 15 is 0 Å². The zero-order valence-corrected chi connectivity index (χ0v) is 22.0. The van der Waals surface area contributed by atoms with Crippen molar-refractivity contribution in [1.82, 2.24) is 4.90 Å². The Hall–Kier alpha value is -4.10. The van der Waals surface area contributed by atoms with Crippen molar-refractivity contribution >= 4 is 35.7 Å². The van der Waals surface area contributed by atoms with Crippen LogP contribution in [0.2, 0.25) is 0 Å². The molecule has 13 heteroatoms. The van der Waals surface area contributed by atoms with Gasteiger partial charge >= 0.3 is 23.9 Å². The van der Waals surface area contributed by atoms with Crippen LogP contribution in [0.1, 0.15) is 48.4 Å². The molecule has 5 atom stereocenters. The Morgan fingerprint density at radius 3 is 1.87 bits per heavy atom. The van der Waals surface area contributed by atoms with Crippen LogP contribution in [0.3, 0.4) is 0 Å². The molecule has 1 aromatic carbocycles. The number of hydrogen-bond donors (Lipinski definition) is 0. The molecule has 1 saturated heterocycles. The predicted octanol–water partition coefficient (Wildman–Crippen LogP) is 0.938. The molecular weight excluding hydrogens is 518 g/mol. The van der Waals surface area contributed by atoms with E-state index in [-0.39, 0.29) is 13.2 Å². The summed E-state index contributed by atoms with van der Waals surface area (Å²) in [5, 5.41) is 0. The van der Waals surface area contributed by atoms with E-state index in [9.17, 15) is 28.8 Å². The number of benzene rings is 1. The van der Waals surface area contributed by atoms with Gasteiger partial charge in [0.15, 0.2) is 30.7 Å². The van der Waals surface area contributed by atoms with Crippen LogP contribution in [0.15, 0.2) is 35.9 Å². The van der Waals surface area contributed by atoms with Gasteiger partial charge in [0.1, 0.15) is 0 Å². The van der Waals surface area contributed by atoms with E-state index in [0.717, 1.165) is 32.8 Å². The summed E-state index contributed by atoms with van der Waals surface area (Å²) in [4.78, 5) is 74.2. The number of ether oxygens (including phenoxy) is 6. The molecule has 2 aliphatic heterocycles. The maximum absolute atomic E-state index is 12.6. The van der Waals surface area contributed by atoms with E-state index in [1.807, 2.05) is 0 Å². The van der Waals surface area contributed by atoms with Crippen molar-refractivity contribution in [3.8, 4) is 0 Å². The van der Waals surface area contributed by atoms with E-state index < -0.39 is 66.4 Å². The Morgan fingerprint density at radius 2 is 1.36 bits per heavy atom. The number of amides is 2. The number of hydrogen-bond acceptors (Lipinski definition) is 12. The van der Waals surface area contributed by atoms with E-state index in [0.29, 0.717) is 16.7 Å². The molecule has 1 aromatic rings. The van der Waals surface area contributed by atoms with Crippen LogP contribution in [0.25, 0.3) is 0 Å². The summed E-state index contributed by atoms with van der Waals surface area (Å²) in [6.45, 7) is 4.72. The first-order valence-corrected chi connectivity index (χ1v) is 11.9. The Morgan fingerprint density at radius 1 is 0.846 bits per heavy atom. The molecule has 0 spiro atoms. The minimum absolute atomic E-state index is 0.0319. The molecule has 0 radical (unpaired) electrons. The SMILES string of the molecule is COC(=O)[C@H]1O[C@@H](OC/C(C)=C/CN2C(=O)c3ccccc3C2=O)[C@H](OC(C)=O)[C@@H](OC(C)=O)[C@@H]1OC(C)=O. The van der Waals surface area contributed by atoms with Crippen LogP contribution in [-0.2, 0) is 47.6 Å². The van der Waals surface area contributed by atoms with E-state index in [1.54, 1.807) is 37.3 Å². The zero-order valence-electron chi connectivity index (χ0n) is 22.0. The lowest BCUT2D eigenvalue weighted by Gasteiger charge is -2.43. The highest BCUT2D eigenvalue weighted by atomic mass is 16.7. The van der Waals surface area contributed by atoms with E-state index in [4.69, 9.17) is 28.4 Å². The van der Waals surface area contributed by atoms with Crippen molar-refractivity contribution in [3.05, 3.63) is 47.0 Å². The molecule has 210 valence electrons. The van der Waals surface area contributed by atoms with Gasteiger partial charge in [-0.15, -0.1) is 0 Å². The monoisotopic (exact) mass is 547 g/mol. The number of imide groups is 1. The number of fused-ring (bicyclic) bond motifs is 1. The fourth-order valence-corrected chi connectivity index (χ4v) is 4.14. The topological polar surface area (TPSA) is 161 Å². The number of rotatable bonds is 9. The van der Waals surface area contributed by atoms with Crippen molar-refractivity contribution in [3.63, 3.8) is 0 Å². The van der Waals surface area contributed by atoms with Crippen molar-refractivity contribution in [1.29, 1.82) is 0 Å². The zero-order chi connectivity index (χ0) is 28.9. The first-order chi connectivity index (χ1) is 18.4. The third kappa shape index (κ3) is 6.86. The standard InChI is InChI=1S/C26H29NO12/c1-13(10-11-27-23(31)17-8-6-7-9-18(17)24(27)32)12-35-26-22(38-16(4)30)20(37-15(3)29)19(36-14(2)28)21(39-26)25(33)34-5/h6-10,19-22,26H,11-12H2,1-5H3/b13-10+/t19-,20-,21-,22+,26+/m0/s1. The van der Waals surface area contributed by atoms with Crippen molar-refractivity contribution in [2.24, 2.45) is 0 Å². The highest BCUT2D eigenvalue weighted by Gasteiger charge is 2.55. The van der Waals surface area contributed by atoms with Gasteiger partial charge in [-0.3, -0.25) is 28.9 Å². The van der Waals surface area contributed by atoms with Crippen LogP contribution in [0.4, 0.5) is 0 Å². The molecule has 2 aliphatic rings. The first kappa shape index (κ1) is 29.5. The lowest BCUT2D eigenvalue weighted by atomic mass is 9.97. The predicted molar refractivity (Wildman–Crippen MR) is 129 cm³/mol. The molecular formula is C26H29NO12. The first-order valence-electron chi connectivity index (χ1n) is 11.9. The van der Waals surface area contributed by atoms with Gasteiger partial charge < -0.3 is 28.4 Å². The van der Waals surface area contributed by atoms with Gasteiger partial charge in [0, 0.05) is 27.3 Å². The van der Waals surface area contributed by atoms with Gasteiger partial charge in [-0.25, -0.2) is 4.79 Å². The molecule has 13 nitrogen and oxygen atoms in total. The summed E-state index contributed by atoms with van der Waals surface area (Å²) in [7, 11) is 1.08. The van der Waals surface area contributed by atoms with Crippen LogP contribution in [0.5, 0.6) is 0 Å². The molecule has 0 bridgehead atoms. The van der Waals surface area contributed by atoms with Crippen molar-refractivity contribution in [2.75, 3.05) is 20.3 Å². The summed E-state index contributed by atoms with van der Waals surface area (Å²) in [6, 6.07) is 6.49. The molecule has 39 heavy (non-hydrogen) atoms. The number of nitrogens with zero attached hydrogens (tertiary/aromatic N) is 1.